The zero-order valence-electron chi connectivity index (χ0n) is 16.7. The zero-order chi connectivity index (χ0) is 22.1. The molecule has 0 aromatic heterocycles. The number of hydrogen-bond acceptors (Lipinski definition) is 4. The zero-order valence-corrected chi connectivity index (χ0v) is 18.3. The van der Waals surface area contributed by atoms with Crippen molar-refractivity contribution in [2.24, 2.45) is 5.10 Å². The predicted octanol–water partition coefficient (Wildman–Crippen LogP) is 3.72. The van der Waals surface area contributed by atoms with E-state index in [4.69, 9.17) is 11.6 Å². The first kappa shape index (κ1) is 22.7. The Morgan fingerprint density at radius 1 is 0.935 bits per heavy atom. The summed E-state index contributed by atoms with van der Waals surface area (Å²) in [6.07, 6.45) is 1.89. The summed E-state index contributed by atoms with van der Waals surface area (Å²) in [4.78, 5) is 12.6. The summed E-state index contributed by atoms with van der Waals surface area (Å²) in [5.74, 6) is -0.545. The number of sulfonamides is 1. The lowest BCUT2D eigenvalue weighted by Gasteiger charge is -2.21. The fraction of sp³-hybridized carbons (Fsp3) is 0.130. The first-order valence-corrected chi connectivity index (χ1v) is 11.4. The Morgan fingerprint density at radius 2 is 1.55 bits per heavy atom. The number of halogens is 1. The predicted molar refractivity (Wildman–Crippen MR) is 123 cm³/mol. The molecule has 0 radical (unpaired) electrons. The Hall–Kier alpha value is -3.00. The van der Waals surface area contributed by atoms with Crippen molar-refractivity contribution in [2.75, 3.05) is 13.1 Å². The van der Waals surface area contributed by atoms with Gasteiger partial charge >= 0.3 is 0 Å². The maximum absolute atomic E-state index is 13.1. The number of nitrogens with one attached hydrogen (secondary N) is 1. The van der Waals surface area contributed by atoms with Crippen LogP contribution in [-0.2, 0) is 21.2 Å². The van der Waals surface area contributed by atoms with Crippen LogP contribution in [0.2, 0.25) is 5.02 Å². The van der Waals surface area contributed by atoms with Crippen molar-refractivity contribution in [3.63, 3.8) is 0 Å². The summed E-state index contributed by atoms with van der Waals surface area (Å²) in [5, 5.41) is 4.39. The summed E-state index contributed by atoms with van der Waals surface area (Å²) in [6, 6.07) is 24.6. The van der Waals surface area contributed by atoms with Gasteiger partial charge in [-0.25, -0.2) is 13.8 Å². The number of carbonyl (C=O) groups excluding carboxylic acids is 1. The summed E-state index contributed by atoms with van der Waals surface area (Å²) in [6.45, 7) is -0.202. The van der Waals surface area contributed by atoms with E-state index >= 15 is 0 Å². The van der Waals surface area contributed by atoms with E-state index in [1.54, 1.807) is 42.5 Å². The minimum Gasteiger partial charge on any atom is -0.272 e. The Morgan fingerprint density at radius 3 is 2.23 bits per heavy atom. The molecule has 3 aromatic rings. The van der Waals surface area contributed by atoms with E-state index in [-0.39, 0.29) is 18.0 Å². The topological polar surface area (TPSA) is 78.8 Å². The minimum atomic E-state index is -3.85. The fourth-order valence-corrected chi connectivity index (χ4v) is 4.48. The summed E-state index contributed by atoms with van der Waals surface area (Å²) < 4.78 is 27.4. The quantitative estimate of drug-likeness (QED) is 0.394. The molecule has 1 amide bonds. The van der Waals surface area contributed by atoms with Gasteiger partial charge in [-0.1, -0.05) is 78.3 Å². The van der Waals surface area contributed by atoms with Gasteiger partial charge in [-0.05, 0) is 30.2 Å². The number of nitrogens with zero attached hydrogens (tertiary/aromatic N) is 2. The average molecular weight is 456 g/mol. The fourth-order valence-electron chi connectivity index (χ4n) is 2.87. The van der Waals surface area contributed by atoms with Crippen molar-refractivity contribution in [1.29, 1.82) is 0 Å². The van der Waals surface area contributed by atoms with E-state index in [9.17, 15) is 13.2 Å². The normalized spacial score (nSPS) is 11.7. The SMILES string of the molecule is O=C(CN(CCc1ccccc1)S(=O)(=O)c1ccccc1)N/N=C\c1ccccc1Cl. The van der Waals surface area contributed by atoms with Gasteiger partial charge in [-0.2, -0.15) is 9.41 Å². The first-order chi connectivity index (χ1) is 15.0. The molecule has 1 N–H and O–H groups in total. The molecule has 6 nitrogen and oxygen atoms in total. The van der Waals surface area contributed by atoms with E-state index in [1.165, 1.54) is 18.3 Å². The number of carbonyl (C=O) groups is 1. The molecule has 0 unspecified atom stereocenters. The molecule has 0 spiro atoms. The van der Waals surface area contributed by atoms with Crippen molar-refractivity contribution in [1.82, 2.24) is 9.73 Å². The molecule has 0 bridgehead atoms. The first-order valence-electron chi connectivity index (χ1n) is 9.62. The summed E-state index contributed by atoms with van der Waals surface area (Å²) in [5.41, 5.74) is 4.00. The molecule has 3 rings (SSSR count). The lowest BCUT2D eigenvalue weighted by atomic mass is 10.1. The second kappa shape index (κ2) is 10.9. The highest BCUT2D eigenvalue weighted by atomic mass is 35.5. The number of hydrogen-bond donors (Lipinski definition) is 1. The van der Waals surface area contributed by atoms with Gasteiger partial charge in [0.25, 0.3) is 5.91 Å². The minimum absolute atomic E-state index is 0.135. The number of amides is 1. The van der Waals surface area contributed by atoms with Gasteiger partial charge in [0.1, 0.15) is 0 Å². The lowest BCUT2D eigenvalue weighted by Crippen LogP contribution is -2.40. The number of benzene rings is 3. The average Bonchev–Trinajstić information content (AvgIpc) is 2.79. The molecule has 0 saturated heterocycles. The van der Waals surface area contributed by atoms with Crippen LogP contribution in [0, 0.1) is 0 Å². The lowest BCUT2D eigenvalue weighted by molar-refractivity contribution is -0.121. The van der Waals surface area contributed by atoms with E-state index in [0.29, 0.717) is 17.0 Å². The van der Waals surface area contributed by atoms with Crippen LogP contribution in [0.5, 0.6) is 0 Å². The van der Waals surface area contributed by atoms with Crippen molar-refractivity contribution in [3.05, 3.63) is 101 Å². The molecule has 160 valence electrons. The summed E-state index contributed by atoms with van der Waals surface area (Å²) in [7, 11) is -3.85. The van der Waals surface area contributed by atoms with Gasteiger partial charge in [-0.3, -0.25) is 4.79 Å². The monoisotopic (exact) mass is 455 g/mol. The van der Waals surface area contributed by atoms with Crippen molar-refractivity contribution < 1.29 is 13.2 Å². The van der Waals surface area contributed by atoms with E-state index < -0.39 is 15.9 Å². The molecule has 0 aliphatic rings. The molecular weight excluding hydrogens is 434 g/mol. The van der Waals surface area contributed by atoms with Crippen molar-refractivity contribution >= 4 is 33.7 Å². The Labute approximate surface area is 187 Å². The molecule has 0 heterocycles. The number of rotatable bonds is 9. The third-order valence-corrected chi connectivity index (χ3v) is 6.70. The van der Waals surface area contributed by atoms with Gasteiger partial charge in [0.2, 0.25) is 10.0 Å². The highest BCUT2D eigenvalue weighted by molar-refractivity contribution is 7.89. The van der Waals surface area contributed by atoms with Gasteiger partial charge in [0.05, 0.1) is 17.7 Å². The van der Waals surface area contributed by atoms with Crippen LogP contribution in [0.15, 0.2) is 94.9 Å². The number of hydrazone groups is 1. The standard InChI is InChI=1S/C23H22ClN3O3S/c24-22-14-8-7-11-20(22)17-25-26-23(28)18-27(16-15-19-9-3-1-4-10-19)31(29,30)21-12-5-2-6-13-21/h1-14,17H,15-16,18H2,(H,26,28)/b25-17-. The molecule has 0 aliphatic carbocycles. The molecule has 0 saturated carbocycles. The second-order valence-electron chi connectivity index (χ2n) is 6.70. The molecule has 8 heteroatoms. The third kappa shape index (κ3) is 6.49. The van der Waals surface area contributed by atoms with Crippen LogP contribution in [0.1, 0.15) is 11.1 Å². The third-order valence-electron chi connectivity index (χ3n) is 4.49. The smallest absolute Gasteiger partial charge is 0.255 e. The van der Waals surface area contributed by atoms with Crippen LogP contribution >= 0.6 is 11.6 Å². The van der Waals surface area contributed by atoms with Crippen LogP contribution in [0.3, 0.4) is 0 Å². The Balaban J connectivity index is 1.72. The molecular formula is C23H22ClN3O3S. The Kier molecular flexibility index (Phi) is 7.94. The summed E-state index contributed by atoms with van der Waals surface area (Å²) >= 11 is 6.06. The highest BCUT2D eigenvalue weighted by Crippen LogP contribution is 2.16. The highest BCUT2D eigenvalue weighted by Gasteiger charge is 2.26. The van der Waals surface area contributed by atoms with E-state index in [0.717, 1.165) is 9.87 Å². The van der Waals surface area contributed by atoms with Crippen LogP contribution < -0.4 is 5.43 Å². The van der Waals surface area contributed by atoms with Gasteiger partial charge in [0.15, 0.2) is 0 Å². The van der Waals surface area contributed by atoms with Crippen LogP contribution in [-0.4, -0.2) is 37.9 Å². The van der Waals surface area contributed by atoms with E-state index in [2.05, 4.69) is 10.5 Å². The Bertz CT molecular complexity index is 1140. The largest absolute Gasteiger partial charge is 0.272 e. The van der Waals surface area contributed by atoms with Crippen LogP contribution in [0.25, 0.3) is 0 Å². The maximum Gasteiger partial charge on any atom is 0.255 e. The van der Waals surface area contributed by atoms with Crippen LogP contribution in [0.4, 0.5) is 0 Å². The second-order valence-corrected chi connectivity index (χ2v) is 9.05. The van der Waals surface area contributed by atoms with Crippen molar-refractivity contribution in [2.45, 2.75) is 11.3 Å². The molecule has 0 atom stereocenters. The molecule has 3 aromatic carbocycles. The molecule has 0 fully saturated rings. The maximum atomic E-state index is 13.1. The van der Waals surface area contributed by atoms with Gasteiger partial charge < -0.3 is 0 Å². The molecule has 0 aliphatic heterocycles. The van der Waals surface area contributed by atoms with Gasteiger partial charge in [0, 0.05) is 17.1 Å². The van der Waals surface area contributed by atoms with Gasteiger partial charge in [-0.15, -0.1) is 0 Å². The van der Waals surface area contributed by atoms with E-state index in [1.807, 2.05) is 30.3 Å². The molecule has 31 heavy (non-hydrogen) atoms. The van der Waals surface area contributed by atoms with Crippen molar-refractivity contribution in [3.8, 4) is 0 Å².